The predicted octanol–water partition coefficient (Wildman–Crippen LogP) is 1.84. The Hall–Kier alpha value is -1.03. The fourth-order valence-electron chi connectivity index (χ4n) is 1.27. The molecule has 2 heterocycles. The van der Waals surface area contributed by atoms with Crippen LogP contribution in [0.1, 0.15) is 16.5 Å². The number of hydrogen-bond donors (Lipinski definition) is 1. The van der Waals surface area contributed by atoms with Gasteiger partial charge in [-0.05, 0) is 23.9 Å². The topological polar surface area (TPSA) is 38.3 Å². The lowest BCUT2D eigenvalue weighted by molar-refractivity contribution is 0.177. The molecule has 1 aromatic heterocycles. The van der Waals surface area contributed by atoms with Crippen molar-refractivity contribution < 1.29 is 9.53 Å². The molecule has 1 aromatic rings. The summed E-state index contributed by atoms with van der Waals surface area (Å²) in [6.07, 6.45) is -0.312. The van der Waals surface area contributed by atoms with Crippen molar-refractivity contribution in [2.75, 3.05) is 6.61 Å². The number of nitrogens with one attached hydrogen (secondary N) is 1. The van der Waals surface area contributed by atoms with Crippen LogP contribution in [0.2, 0.25) is 0 Å². The average molecular weight is 183 g/mol. The van der Waals surface area contributed by atoms with Crippen LogP contribution in [0, 0.1) is 6.92 Å². The van der Waals surface area contributed by atoms with Gasteiger partial charge in [-0.1, -0.05) is 0 Å². The van der Waals surface area contributed by atoms with Gasteiger partial charge < -0.3 is 10.1 Å². The van der Waals surface area contributed by atoms with Gasteiger partial charge in [0, 0.05) is 4.88 Å². The standard InChI is InChI=1S/C8H9NO2S/c1-5-2-3-12-7(5)6-4-11-8(10)9-6/h2-3,6H,4H2,1H3,(H,9,10)/t6-/m1/s1. The van der Waals surface area contributed by atoms with E-state index in [1.165, 1.54) is 10.4 Å². The van der Waals surface area contributed by atoms with Crippen molar-refractivity contribution >= 4 is 17.4 Å². The first-order valence-electron chi connectivity index (χ1n) is 3.74. The van der Waals surface area contributed by atoms with Gasteiger partial charge in [0.05, 0.1) is 0 Å². The Morgan fingerprint density at radius 1 is 1.75 bits per heavy atom. The van der Waals surface area contributed by atoms with Crippen LogP contribution in [0.25, 0.3) is 0 Å². The molecule has 2 rings (SSSR count). The van der Waals surface area contributed by atoms with E-state index in [-0.39, 0.29) is 12.1 Å². The van der Waals surface area contributed by atoms with Crippen LogP contribution in [0.15, 0.2) is 11.4 Å². The van der Waals surface area contributed by atoms with E-state index in [1.807, 2.05) is 18.4 Å². The minimum absolute atomic E-state index is 0.0671. The van der Waals surface area contributed by atoms with E-state index in [9.17, 15) is 4.79 Å². The number of hydrogen-bond acceptors (Lipinski definition) is 3. The molecule has 3 nitrogen and oxygen atoms in total. The highest BCUT2D eigenvalue weighted by Crippen LogP contribution is 2.26. The van der Waals surface area contributed by atoms with Crippen LogP contribution in [-0.4, -0.2) is 12.7 Å². The predicted molar refractivity (Wildman–Crippen MR) is 46.3 cm³/mol. The second kappa shape index (κ2) is 2.79. The summed E-state index contributed by atoms with van der Waals surface area (Å²) < 4.78 is 4.80. The lowest BCUT2D eigenvalue weighted by Crippen LogP contribution is -2.17. The van der Waals surface area contributed by atoms with E-state index in [1.54, 1.807) is 11.3 Å². The Balaban J connectivity index is 2.21. The fourth-order valence-corrected chi connectivity index (χ4v) is 2.23. The Morgan fingerprint density at radius 2 is 2.58 bits per heavy atom. The summed E-state index contributed by atoms with van der Waals surface area (Å²) in [5.74, 6) is 0. The molecular formula is C8H9NO2S. The van der Waals surface area contributed by atoms with Gasteiger partial charge in [0.2, 0.25) is 0 Å². The molecule has 1 aliphatic rings. The molecule has 0 aliphatic carbocycles. The zero-order valence-corrected chi connectivity index (χ0v) is 7.48. The summed E-state index contributed by atoms with van der Waals surface area (Å²) in [7, 11) is 0. The smallest absolute Gasteiger partial charge is 0.407 e. The second-order valence-electron chi connectivity index (χ2n) is 2.76. The van der Waals surface area contributed by atoms with Crippen molar-refractivity contribution in [1.29, 1.82) is 0 Å². The molecule has 1 aliphatic heterocycles. The molecule has 12 heavy (non-hydrogen) atoms. The van der Waals surface area contributed by atoms with Gasteiger partial charge in [-0.25, -0.2) is 4.79 Å². The second-order valence-corrected chi connectivity index (χ2v) is 3.71. The summed E-state index contributed by atoms with van der Waals surface area (Å²) in [6.45, 7) is 2.50. The normalized spacial score (nSPS) is 22.1. The number of carbonyl (C=O) groups is 1. The Bertz CT molecular complexity index is 308. The maximum absolute atomic E-state index is 10.7. The summed E-state index contributed by atoms with van der Waals surface area (Å²) in [5, 5.41) is 4.77. The molecule has 0 aromatic carbocycles. The number of alkyl carbamates (subject to hydrolysis) is 1. The first kappa shape index (κ1) is 7.61. The third-order valence-corrected chi connectivity index (χ3v) is 3.02. The fraction of sp³-hybridized carbons (Fsp3) is 0.375. The third-order valence-electron chi connectivity index (χ3n) is 1.89. The van der Waals surface area contributed by atoms with Crippen molar-refractivity contribution in [2.24, 2.45) is 0 Å². The Morgan fingerprint density at radius 3 is 3.08 bits per heavy atom. The zero-order chi connectivity index (χ0) is 8.55. The highest BCUT2D eigenvalue weighted by Gasteiger charge is 2.25. The minimum Gasteiger partial charge on any atom is -0.447 e. The number of ether oxygens (including phenoxy) is 1. The van der Waals surface area contributed by atoms with Gasteiger partial charge in [0.15, 0.2) is 0 Å². The maximum Gasteiger partial charge on any atom is 0.407 e. The van der Waals surface area contributed by atoms with E-state index in [2.05, 4.69) is 5.32 Å². The molecule has 0 bridgehead atoms. The van der Waals surface area contributed by atoms with Gasteiger partial charge >= 0.3 is 6.09 Å². The maximum atomic E-state index is 10.7. The number of thiophene rings is 1. The Labute approximate surface area is 74.4 Å². The van der Waals surface area contributed by atoms with Gasteiger partial charge in [-0.2, -0.15) is 0 Å². The summed E-state index contributed by atoms with van der Waals surface area (Å²) in [4.78, 5) is 11.9. The van der Waals surface area contributed by atoms with Gasteiger partial charge in [-0.3, -0.25) is 0 Å². The molecule has 0 radical (unpaired) electrons. The van der Waals surface area contributed by atoms with Gasteiger partial charge in [0.1, 0.15) is 12.6 Å². The van der Waals surface area contributed by atoms with Crippen LogP contribution in [0.5, 0.6) is 0 Å². The quantitative estimate of drug-likeness (QED) is 0.721. The van der Waals surface area contributed by atoms with E-state index in [4.69, 9.17) is 4.74 Å². The van der Waals surface area contributed by atoms with Gasteiger partial charge in [0.25, 0.3) is 0 Å². The van der Waals surface area contributed by atoms with E-state index < -0.39 is 0 Å². The average Bonchev–Trinajstić information content (AvgIpc) is 2.58. The zero-order valence-electron chi connectivity index (χ0n) is 6.66. The van der Waals surface area contributed by atoms with Crippen molar-refractivity contribution in [2.45, 2.75) is 13.0 Å². The molecule has 1 N–H and O–H groups in total. The summed E-state index contributed by atoms with van der Waals surface area (Å²) in [6, 6.07) is 2.11. The highest BCUT2D eigenvalue weighted by atomic mass is 32.1. The SMILES string of the molecule is Cc1ccsc1[C@H]1COC(=O)N1. The van der Waals surface area contributed by atoms with Crippen molar-refractivity contribution in [3.8, 4) is 0 Å². The molecule has 0 unspecified atom stereocenters. The first-order chi connectivity index (χ1) is 5.77. The molecule has 1 fully saturated rings. The van der Waals surface area contributed by atoms with Crippen molar-refractivity contribution in [3.05, 3.63) is 21.9 Å². The van der Waals surface area contributed by atoms with Gasteiger partial charge in [-0.15, -0.1) is 11.3 Å². The van der Waals surface area contributed by atoms with Crippen molar-refractivity contribution in [3.63, 3.8) is 0 Å². The number of rotatable bonds is 1. The van der Waals surface area contributed by atoms with E-state index >= 15 is 0 Å². The number of carbonyl (C=O) groups excluding carboxylic acids is 1. The molecule has 0 spiro atoms. The first-order valence-corrected chi connectivity index (χ1v) is 4.62. The lowest BCUT2D eigenvalue weighted by atomic mass is 10.2. The lowest BCUT2D eigenvalue weighted by Gasteiger charge is -2.04. The molecule has 1 amide bonds. The van der Waals surface area contributed by atoms with Crippen molar-refractivity contribution in [1.82, 2.24) is 5.32 Å². The molecule has 0 saturated carbocycles. The molecule has 4 heteroatoms. The molecule has 64 valence electrons. The molecule has 1 atom stereocenters. The number of aryl methyl sites for hydroxylation is 1. The van der Waals surface area contributed by atoms with Crippen LogP contribution >= 0.6 is 11.3 Å². The summed E-state index contributed by atoms with van der Waals surface area (Å²) >= 11 is 1.65. The van der Waals surface area contributed by atoms with Crippen LogP contribution in [0.4, 0.5) is 4.79 Å². The third kappa shape index (κ3) is 1.18. The monoisotopic (exact) mass is 183 g/mol. The van der Waals surface area contributed by atoms with Crippen LogP contribution in [0.3, 0.4) is 0 Å². The van der Waals surface area contributed by atoms with E-state index in [0.29, 0.717) is 6.61 Å². The van der Waals surface area contributed by atoms with Crippen LogP contribution in [-0.2, 0) is 4.74 Å². The minimum atomic E-state index is -0.312. The highest BCUT2D eigenvalue weighted by molar-refractivity contribution is 7.10. The molecular weight excluding hydrogens is 174 g/mol. The largest absolute Gasteiger partial charge is 0.447 e. The summed E-state index contributed by atoms with van der Waals surface area (Å²) in [5.41, 5.74) is 1.22. The van der Waals surface area contributed by atoms with Crippen LogP contribution < -0.4 is 5.32 Å². The van der Waals surface area contributed by atoms with E-state index in [0.717, 1.165) is 0 Å². The Kier molecular flexibility index (Phi) is 1.77. The molecule has 1 saturated heterocycles. The number of amides is 1. The number of cyclic esters (lactones) is 1.